The lowest BCUT2D eigenvalue weighted by molar-refractivity contribution is 0.00442. The third-order valence-electron chi connectivity index (χ3n) is 4.95. The average Bonchev–Trinajstić information content (AvgIpc) is 2.88. The second kappa shape index (κ2) is 6.04. The highest BCUT2D eigenvalue weighted by Crippen LogP contribution is 2.49. The van der Waals surface area contributed by atoms with Crippen LogP contribution in [-0.2, 0) is 13.6 Å². The van der Waals surface area contributed by atoms with Crippen molar-refractivity contribution in [2.75, 3.05) is 6.61 Å². The van der Waals surface area contributed by atoms with Crippen molar-refractivity contribution in [3.05, 3.63) is 59.9 Å². The number of aliphatic hydroxyl groups is 1. The molecule has 2 N–H and O–H groups in total. The molecule has 0 unspecified atom stereocenters. The van der Waals surface area contributed by atoms with Gasteiger partial charge in [-0.2, -0.15) is 0 Å². The van der Waals surface area contributed by atoms with Crippen molar-refractivity contribution in [3.8, 4) is 0 Å². The summed E-state index contributed by atoms with van der Waals surface area (Å²) < 4.78 is 2.14. The van der Waals surface area contributed by atoms with Gasteiger partial charge in [-0.25, -0.2) is 0 Å². The third-order valence-corrected chi connectivity index (χ3v) is 4.95. The Morgan fingerprint density at radius 3 is 2.48 bits per heavy atom. The highest BCUT2D eigenvalue weighted by Gasteiger charge is 2.44. The molecule has 0 saturated heterocycles. The summed E-state index contributed by atoms with van der Waals surface area (Å²) in [5.41, 5.74) is 2.55. The third kappa shape index (κ3) is 2.76. The van der Waals surface area contributed by atoms with Crippen LogP contribution in [0.1, 0.15) is 36.6 Å². The maximum absolute atomic E-state index is 9.93. The standard InChI is InChI=1S/C18H24N2O/c1-20-12-5-9-16(20)13-19-17(15-7-3-2-4-8-15)18(14-21)10-6-11-18/h2-5,7-9,12,17,19,21H,6,10-11,13-14H2,1H3/t17-/m1/s1. The molecule has 3 rings (SSSR count). The predicted octanol–water partition coefficient (Wildman–Crippen LogP) is 3.02. The van der Waals surface area contributed by atoms with Crippen LogP contribution in [-0.4, -0.2) is 16.3 Å². The predicted molar refractivity (Wildman–Crippen MR) is 84.8 cm³/mol. The molecule has 1 saturated carbocycles. The summed E-state index contributed by atoms with van der Waals surface area (Å²) in [5.74, 6) is 0. The van der Waals surface area contributed by atoms with E-state index in [9.17, 15) is 5.11 Å². The average molecular weight is 284 g/mol. The molecule has 1 aliphatic carbocycles. The number of aliphatic hydroxyl groups excluding tert-OH is 1. The Labute approximate surface area is 126 Å². The van der Waals surface area contributed by atoms with E-state index in [2.05, 4.69) is 59.5 Å². The molecule has 1 aliphatic rings. The number of aromatic nitrogens is 1. The highest BCUT2D eigenvalue weighted by molar-refractivity contribution is 5.23. The van der Waals surface area contributed by atoms with Gasteiger partial charge < -0.3 is 15.0 Å². The van der Waals surface area contributed by atoms with Crippen molar-refractivity contribution in [1.82, 2.24) is 9.88 Å². The Bertz CT molecular complexity index is 566. The minimum atomic E-state index is 0.00647. The fourth-order valence-corrected chi connectivity index (χ4v) is 3.39. The Hall–Kier alpha value is -1.58. The van der Waals surface area contributed by atoms with Gasteiger partial charge in [-0.15, -0.1) is 0 Å². The van der Waals surface area contributed by atoms with Gasteiger partial charge in [0.15, 0.2) is 0 Å². The van der Waals surface area contributed by atoms with Crippen molar-refractivity contribution in [2.24, 2.45) is 12.5 Å². The first-order valence-corrected chi connectivity index (χ1v) is 7.75. The zero-order valence-corrected chi connectivity index (χ0v) is 12.6. The van der Waals surface area contributed by atoms with Gasteiger partial charge >= 0.3 is 0 Å². The molecular formula is C18H24N2O. The Balaban J connectivity index is 1.81. The molecule has 21 heavy (non-hydrogen) atoms. The Kier molecular flexibility index (Phi) is 4.13. The van der Waals surface area contributed by atoms with E-state index in [0.717, 1.165) is 19.4 Å². The van der Waals surface area contributed by atoms with Gasteiger partial charge in [-0.05, 0) is 30.5 Å². The lowest BCUT2D eigenvalue weighted by Crippen LogP contribution is -2.45. The van der Waals surface area contributed by atoms with Gasteiger partial charge in [0.25, 0.3) is 0 Å². The van der Waals surface area contributed by atoms with E-state index in [-0.39, 0.29) is 18.1 Å². The van der Waals surface area contributed by atoms with Gasteiger partial charge in [0, 0.05) is 36.9 Å². The van der Waals surface area contributed by atoms with Crippen LogP contribution in [0, 0.1) is 5.41 Å². The number of nitrogens with one attached hydrogen (secondary N) is 1. The van der Waals surface area contributed by atoms with Crippen molar-refractivity contribution >= 4 is 0 Å². The van der Waals surface area contributed by atoms with Crippen LogP contribution in [0.3, 0.4) is 0 Å². The van der Waals surface area contributed by atoms with Crippen LogP contribution in [0.2, 0.25) is 0 Å². The quantitative estimate of drug-likeness (QED) is 0.855. The number of hydrogen-bond donors (Lipinski definition) is 2. The fraction of sp³-hybridized carbons (Fsp3) is 0.444. The van der Waals surface area contributed by atoms with Crippen LogP contribution in [0.5, 0.6) is 0 Å². The van der Waals surface area contributed by atoms with Crippen LogP contribution in [0.15, 0.2) is 48.7 Å². The number of nitrogens with zero attached hydrogens (tertiary/aromatic N) is 1. The van der Waals surface area contributed by atoms with E-state index >= 15 is 0 Å². The summed E-state index contributed by atoms with van der Waals surface area (Å²) in [5, 5.41) is 13.6. The maximum Gasteiger partial charge on any atom is 0.0505 e. The molecule has 0 radical (unpaired) electrons. The van der Waals surface area contributed by atoms with Gasteiger partial charge in [0.05, 0.1) is 6.61 Å². The minimum absolute atomic E-state index is 0.00647. The summed E-state index contributed by atoms with van der Waals surface area (Å²) in [6.07, 6.45) is 5.49. The van der Waals surface area contributed by atoms with Crippen LogP contribution >= 0.6 is 0 Å². The largest absolute Gasteiger partial charge is 0.396 e. The molecule has 0 aliphatic heterocycles. The molecule has 1 aromatic carbocycles. The lowest BCUT2D eigenvalue weighted by Gasteiger charge is -2.47. The van der Waals surface area contributed by atoms with Crippen molar-refractivity contribution < 1.29 is 5.11 Å². The SMILES string of the molecule is Cn1cccc1CN[C@H](c1ccccc1)C1(CO)CCC1. The summed E-state index contributed by atoms with van der Waals surface area (Å²) in [6, 6.07) is 15.0. The van der Waals surface area contributed by atoms with Crippen molar-refractivity contribution in [3.63, 3.8) is 0 Å². The summed E-state index contributed by atoms with van der Waals surface area (Å²) in [4.78, 5) is 0. The van der Waals surface area contributed by atoms with Gasteiger partial charge in [-0.3, -0.25) is 0 Å². The molecule has 0 amide bonds. The summed E-state index contributed by atoms with van der Waals surface area (Å²) >= 11 is 0. The molecule has 1 heterocycles. The molecule has 112 valence electrons. The fourth-order valence-electron chi connectivity index (χ4n) is 3.39. The van der Waals surface area contributed by atoms with Gasteiger partial charge in [0.2, 0.25) is 0 Å². The number of aryl methyl sites for hydroxylation is 1. The first kappa shape index (κ1) is 14.4. The maximum atomic E-state index is 9.93. The summed E-state index contributed by atoms with van der Waals surface area (Å²) in [6.45, 7) is 1.08. The first-order valence-electron chi connectivity index (χ1n) is 7.75. The lowest BCUT2D eigenvalue weighted by atomic mass is 9.63. The summed E-state index contributed by atoms with van der Waals surface area (Å²) in [7, 11) is 2.07. The second-order valence-corrected chi connectivity index (χ2v) is 6.21. The topological polar surface area (TPSA) is 37.2 Å². The van der Waals surface area contributed by atoms with E-state index in [1.165, 1.54) is 17.7 Å². The molecule has 1 atom stereocenters. The second-order valence-electron chi connectivity index (χ2n) is 6.21. The van der Waals surface area contributed by atoms with E-state index in [1.54, 1.807) is 0 Å². The molecule has 3 heteroatoms. The molecule has 2 aromatic rings. The van der Waals surface area contributed by atoms with E-state index in [4.69, 9.17) is 0 Å². The van der Waals surface area contributed by atoms with E-state index in [0.29, 0.717) is 0 Å². The molecular weight excluding hydrogens is 260 g/mol. The smallest absolute Gasteiger partial charge is 0.0505 e. The molecule has 3 nitrogen and oxygen atoms in total. The number of rotatable bonds is 6. The van der Waals surface area contributed by atoms with E-state index in [1.807, 2.05) is 6.07 Å². The highest BCUT2D eigenvalue weighted by atomic mass is 16.3. The normalized spacial score (nSPS) is 18.2. The van der Waals surface area contributed by atoms with Crippen molar-refractivity contribution in [2.45, 2.75) is 31.8 Å². The number of benzene rings is 1. The monoisotopic (exact) mass is 284 g/mol. The first-order chi connectivity index (χ1) is 10.2. The molecule has 0 bridgehead atoms. The Morgan fingerprint density at radius 1 is 1.19 bits per heavy atom. The zero-order valence-electron chi connectivity index (χ0n) is 12.6. The van der Waals surface area contributed by atoms with Crippen LogP contribution in [0.4, 0.5) is 0 Å². The van der Waals surface area contributed by atoms with Crippen LogP contribution < -0.4 is 5.32 Å². The number of hydrogen-bond acceptors (Lipinski definition) is 2. The minimum Gasteiger partial charge on any atom is -0.396 e. The van der Waals surface area contributed by atoms with Crippen LogP contribution in [0.25, 0.3) is 0 Å². The zero-order chi connectivity index (χ0) is 14.7. The molecule has 1 fully saturated rings. The van der Waals surface area contributed by atoms with Gasteiger partial charge in [0.1, 0.15) is 0 Å². The van der Waals surface area contributed by atoms with E-state index < -0.39 is 0 Å². The molecule has 1 aromatic heterocycles. The Morgan fingerprint density at radius 2 is 1.95 bits per heavy atom. The van der Waals surface area contributed by atoms with Gasteiger partial charge in [-0.1, -0.05) is 36.8 Å². The van der Waals surface area contributed by atoms with Crippen molar-refractivity contribution in [1.29, 1.82) is 0 Å². The molecule has 0 spiro atoms.